The maximum absolute atomic E-state index is 14.3. The number of halogens is 4. The largest absolute Gasteiger partial charge is 0.465 e. The van der Waals surface area contributed by atoms with E-state index in [4.69, 9.17) is 5.11 Å². The van der Waals surface area contributed by atoms with Crippen LogP contribution in [0.3, 0.4) is 0 Å². The van der Waals surface area contributed by atoms with Gasteiger partial charge in [0, 0.05) is 38.0 Å². The monoisotopic (exact) mass is 580 g/mol. The number of fused-ring (bicyclic) bond motifs is 1. The van der Waals surface area contributed by atoms with Crippen molar-refractivity contribution in [1.82, 2.24) is 24.8 Å². The summed E-state index contributed by atoms with van der Waals surface area (Å²) in [5.41, 5.74) is -0.322. The van der Waals surface area contributed by atoms with Gasteiger partial charge in [-0.1, -0.05) is 6.08 Å². The number of carbonyl (C=O) groups is 3. The Balaban J connectivity index is 1.77. The summed E-state index contributed by atoms with van der Waals surface area (Å²) >= 11 is 0. The Kier molecular flexibility index (Phi) is 9.86. The number of likely N-dealkylation sites (N-methyl/N-ethyl adjacent to an activating group) is 1. The molecule has 0 aliphatic carbocycles. The summed E-state index contributed by atoms with van der Waals surface area (Å²) in [7, 11) is 3.12. The molecular formula is C26H28F4N6O5. The second-order valence-corrected chi connectivity index (χ2v) is 9.31. The predicted molar refractivity (Wildman–Crippen MR) is 141 cm³/mol. The molecule has 0 aliphatic heterocycles. The number of pyridine rings is 2. The van der Waals surface area contributed by atoms with Crippen LogP contribution in [0.4, 0.5) is 28.0 Å². The fraction of sp³-hybridized carbons (Fsp3) is 0.346. The van der Waals surface area contributed by atoms with Gasteiger partial charge in [0.25, 0.3) is 5.56 Å². The third-order valence-electron chi connectivity index (χ3n) is 5.97. The Morgan fingerprint density at radius 2 is 2.00 bits per heavy atom. The molecule has 0 spiro atoms. The number of nitrogens with one attached hydrogen (secondary N) is 3. The molecule has 41 heavy (non-hydrogen) atoms. The van der Waals surface area contributed by atoms with Gasteiger partial charge in [0.1, 0.15) is 17.5 Å². The molecule has 0 saturated heterocycles. The van der Waals surface area contributed by atoms with Gasteiger partial charge in [-0.05, 0) is 43.5 Å². The van der Waals surface area contributed by atoms with Gasteiger partial charge >= 0.3 is 12.3 Å². The van der Waals surface area contributed by atoms with Crippen LogP contribution >= 0.6 is 0 Å². The van der Waals surface area contributed by atoms with Crippen LogP contribution in [0.2, 0.25) is 0 Å². The molecule has 3 aromatic heterocycles. The topological polar surface area (TPSA) is 149 Å². The van der Waals surface area contributed by atoms with Crippen molar-refractivity contribution in [3.05, 3.63) is 70.2 Å². The van der Waals surface area contributed by atoms with Crippen LogP contribution in [0.15, 0.2) is 47.5 Å². The lowest BCUT2D eigenvalue weighted by Gasteiger charge is -2.16. The Labute approximate surface area is 230 Å². The van der Waals surface area contributed by atoms with Gasteiger partial charge < -0.3 is 30.2 Å². The SMILES string of the molecule is CN(C)C(=O)C=CCCC(NC(=O)O)C(=O)Nc1cccn(Cc2cc3ncc(F)c(CCC(F)(F)F)c3[nH]2)c1=O. The number of alkyl halides is 3. The van der Waals surface area contributed by atoms with Gasteiger partial charge in [-0.3, -0.25) is 19.4 Å². The first-order valence-corrected chi connectivity index (χ1v) is 12.3. The molecule has 0 radical (unpaired) electrons. The Morgan fingerprint density at radius 3 is 2.66 bits per heavy atom. The lowest BCUT2D eigenvalue weighted by molar-refractivity contribution is -0.134. The quantitative estimate of drug-likeness (QED) is 0.202. The summed E-state index contributed by atoms with van der Waals surface area (Å²) in [4.78, 5) is 56.8. The van der Waals surface area contributed by atoms with Gasteiger partial charge in [-0.2, -0.15) is 13.2 Å². The third-order valence-corrected chi connectivity index (χ3v) is 5.97. The highest BCUT2D eigenvalue weighted by Crippen LogP contribution is 2.27. The number of aromatic nitrogens is 3. The number of carboxylic acid groups (broad SMARTS) is 1. The van der Waals surface area contributed by atoms with Crippen LogP contribution in [0.5, 0.6) is 0 Å². The van der Waals surface area contributed by atoms with E-state index in [-0.39, 0.29) is 47.6 Å². The summed E-state index contributed by atoms with van der Waals surface area (Å²) in [6.07, 6.45) is -2.52. The van der Waals surface area contributed by atoms with Crippen molar-refractivity contribution in [3.63, 3.8) is 0 Å². The number of allylic oxidation sites excluding steroid dienone is 1. The summed E-state index contributed by atoms with van der Waals surface area (Å²) in [6, 6.07) is 3.03. The maximum Gasteiger partial charge on any atom is 0.405 e. The smallest absolute Gasteiger partial charge is 0.405 e. The number of anilines is 1. The fourth-order valence-corrected chi connectivity index (χ4v) is 3.92. The molecular weight excluding hydrogens is 552 g/mol. The van der Waals surface area contributed by atoms with Crippen LogP contribution in [0.25, 0.3) is 11.0 Å². The zero-order chi connectivity index (χ0) is 30.3. The molecule has 0 aromatic carbocycles. The van der Waals surface area contributed by atoms with E-state index in [2.05, 4.69) is 20.6 Å². The lowest BCUT2D eigenvalue weighted by atomic mass is 10.1. The zero-order valence-electron chi connectivity index (χ0n) is 22.1. The number of H-pyrrole nitrogens is 1. The number of aromatic amines is 1. The lowest BCUT2D eigenvalue weighted by Crippen LogP contribution is -2.44. The minimum absolute atomic E-state index is 0.00562. The van der Waals surface area contributed by atoms with Crippen molar-refractivity contribution < 1.29 is 37.1 Å². The number of rotatable bonds is 11. The highest BCUT2D eigenvalue weighted by atomic mass is 19.4. The minimum Gasteiger partial charge on any atom is -0.465 e. The van der Waals surface area contributed by atoms with Gasteiger partial charge in [-0.15, -0.1) is 0 Å². The van der Waals surface area contributed by atoms with E-state index in [9.17, 15) is 36.7 Å². The fourth-order valence-electron chi connectivity index (χ4n) is 3.92. The molecule has 3 aromatic rings. The van der Waals surface area contributed by atoms with Gasteiger partial charge in [0.05, 0.1) is 23.8 Å². The number of aryl methyl sites for hydroxylation is 1. The number of nitrogens with zero attached hydrogens (tertiary/aromatic N) is 3. The van der Waals surface area contributed by atoms with E-state index >= 15 is 0 Å². The van der Waals surface area contributed by atoms with Crippen LogP contribution in [-0.4, -0.2) is 68.8 Å². The molecule has 3 amide bonds. The van der Waals surface area contributed by atoms with Crippen LogP contribution < -0.4 is 16.2 Å². The Hall–Kier alpha value is -4.69. The molecule has 4 N–H and O–H groups in total. The van der Waals surface area contributed by atoms with E-state index in [1.807, 2.05) is 0 Å². The van der Waals surface area contributed by atoms with Crippen molar-refractivity contribution in [2.45, 2.75) is 44.4 Å². The number of carbonyl (C=O) groups excluding carboxylic acids is 2. The van der Waals surface area contributed by atoms with Crippen molar-refractivity contribution >= 4 is 34.6 Å². The van der Waals surface area contributed by atoms with E-state index in [1.165, 1.54) is 46.0 Å². The molecule has 0 fully saturated rings. The predicted octanol–water partition coefficient (Wildman–Crippen LogP) is 3.41. The minimum atomic E-state index is -4.48. The van der Waals surface area contributed by atoms with Crippen molar-refractivity contribution in [3.8, 4) is 0 Å². The number of hydrogen-bond acceptors (Lipinski definition) is 5. The van der Waals surface area contributed by atoms with E-state index in [1.54, 1.807) is 14.1 Å². The Bertz CT molecular complexity index is 1510. The van der Waals surface area contributed by atoms with E-state index < -0.39 is 48.4 Å². The number of amides is 3. The summed E-state index contributed by atoms with van der Waals surface area (Å²) in [5, 5.41) is 13.6. The van der Waals surface area contributed by atoms with Crippen molar-refractivity contribution in [1.29, 1.82) is 0 Å². The average molecular weight is 581 g/mol. The summed E-state index contributed by atoms with van der Waals surface area (Å²) < 4.78 is 53.6. The zero-order valence-corrected chi connectivity index (χ0v) is 22.1. The molecule has 1 unspecified atom stereocenters. The first-order chi connectivity index (χ1) is 19.2. The summed E-state index contributed by atoms with van der Waals surface area (Å²) in [6.45, 7) is -0.110. The molecule has 0 aliphatic rings. The Morgan fingerprint density at radius 1 is 1.27 bits per heavy atom. The van der Waals surface area contributed by atoms with Gasteiger partial charge in [0.2, 0.25) is 11.8 Å². The van der Waals surface area contributed by atoms with E-state index in [0.717, 1.165) is 6.20 Å². The normalized spacial score (nSPS) is 12.4. The average Bonchev–Trinajstić information content (AvgIpc) is 3.29. The molecule has 0 saturated carbocycles. The first-order valence-electron chi connectivity index (χ1n) is 12.3. The summed E-state index contributed by atoms with van der Waals surface area (Å²) in [5.74, 6) is -1.97. The second-order valence-electron chi connectivity index (χ2n) is 9.31. The van der Waals surface area contributed by atoms with Crippen molar-refractivity contribution in [2.24, 2.45) is 0 Å². The molecule has 3 heterocycles. The maximum atomic E-state index is 14.3. The third kappa shape index (κ3) is 8.65. The van der Waals surface area contributed by atoms with Crippen LogP contribution in [0, 0.1) is 5.82 Å². The highest BCUT2D eigenvalue weighted by molar-refractivity contribution is 5.96. The molecule has 1 atom stereocenters. The van der Waals surface area contributed by atoms with Crippen molar-refractivity contribution in [2.75, 3.05) is 19.4 Å². The molecule has 15 heteroatoms. The highest BCUT2D eigenvalue weighted by Gasteiger charge is 2.28. The molecule has 11 nitrogen and oxygen atoms in total. The van der Waals surface area contributed by atoms with Crippen LogP contribution in [-0.2, 0) is 22.6 Å². The van der Waals surface area contributed by atoms with Gasteiger partial charge in [-0.25, -0.2) is 9.18 Å². The standard InChI is InChI=1S/C26H28F4N6O5/c1-35(2)21(37)8-4-3-6-18(34-25(40)41)23(38)33-19-7-5-11-36(24(19)39)14-15-12-20-22(32-15)16(17(27)13-31-20)9-10-26(28,29)30/h4-5,7-8,11-13,18,32,34H,3,6,9-10,14H2,1-2H3,(H,33,38)(H,40,41). The molecule has 220 valence electrons. The van der Waals surface area contributed by atoms with Gasteiger partial charge in [0.15, 0.2) is 0 Å². The molecule has 0 bridgehead atoms. The second kappa shape index (κ2) is 13.1. The molecule has 3 rings (SSSR count). The number of hydrogen-bond donors (Lipinski definition) is 4. The first kappa shape index (κ1) is 30.8. The van der Waals surface area contributed by atoms with Crippen LogP contribution in [0.1, 0.15) is 30.5 Å². The van der Waals surface area contributed by atoms with E-state index in [0.29, 0.717) is 5.69 Å².